The van der Waals surface area contributed by atoms with Crippen LogP contribution in [0, 0.1) is 0 Å². The Morgan fingerprint density at radius 1 is 1.06 bits per heavy atom. The van der Waals surface area contributed by atoms with Crippen LogP contribution in [0.3, 0.4) is 0 Å². The van der Waals surface area contributed by atoms with Crippen molar-refractivity contribution >= 4 is 11.2 Å². The zero-order valence-corrected chi connectivity index (χ0v) is 9.22. The molecule has 2 aromatic heterocycles. The van der Waals surface area contributed by atoms with Gasteiger partial charge in [0.05, 0.1) is 11.8 Å². The highest BCUT2D eigenvalue weighted by Gasteiger charge is 2.02. The maximum Gasteiger partial charge on any atom is 0.177 e. The number of imidazole rings is 1. The molecule has 2 heterocycles. The van der Waals surface area contributed by atoms with Crippen molar-refractivity contribution in [1.29, 1.82) is 0 Å². The number of hydrogen-bond acceptors (Lipinski definition) is 3. The molecule has 0 atom stereocenters. The maximum atomic E-state index is 5.57. The van der Waals surface area contributed by atoms with E-state index in [1.165, 1.54) is 0 Å². The predicted octanol–water partition coefficient (Wildman–Crippen LogP) is 2.08. The lowest BCUT2D eigenvalue weighted by atomic mass is 10.1. The first-order chi connectivity index (χ1) is 8.36. The molecule has 0 fully saturated rings. The summed E-state index contributed by atoms with van der Waals surface area (Å²) in [5, 5.41) is 0. The van der Waals surface area contributed by atoms with Gasteiger partial charge in [0, 0.05) is 18.3 Å². The molecule has 1 aromatic carbocycles. The Balaban J connectivity index is 2.06. The number of aromatic amines is 1. The monoisotopic (exact) mass is 224 g/mol. The molecule has 3 rings (SSSR count). The van der Waals surface area contributed by atoms with Crippen molar-refractivity contribution in [2.45, 2.75) is 6.54 Å². The Hall–Kier alpha value is -2.20. The van der Waals surface area contributed by atoms with E-state index in [2.05, 4.69) is 27.1 Å². The third-order valence-electron chi connectivity index (χ3n) is 2.80. The molecule has 4 nitrogen and oxygen atoms in total. The zero-order valence-electron chi connectivity index (χ0n) is 9.22. The van der Waals surface area contributed by atoms with Crippen LogP contribution in [0.15, 0.2) is 42.9 Å². The maximum absolute atomic E-state index is 5.57. The molecule has 0 aliphatic carbocycles. The van der Waals surface area contributed by atoms with Gasteiger partial charge in [0.25, 0.3) is 0 Å². The second-order valence-electron chi connectivity index (χ2n) is 3.90. The minimum absolute atomic E-state index is 0.568. The lowest BCUT2D eigenvalue weighted by Gasteiger charge is -2.02. The average molecular weight is 224 g/mol. The van der Waals surface area contributed by atoms with Crippen LogP contribution in [0.25, 0.3) is 22.3 Å². The fourth-order valence-corrected chi connectivity index (χ4v) is 1.82. The van der Waals surface area contributed by atoms with E-state index in [0.29, 0.717) is 6.54 Å². The Kier molecular flexibility index (Phi) is 2.34. The van der Waals surface area contributed by atoms with Crippen molar-refractivity contribution in [3.05, 3.63) is 48.4 Å². The Morgan fingerprint density at radius 3 is 2.65 bits per heavy atom. The van der Waals surface area contributed by atoms with E-state index in [9.17, 15) is 0 Å². The molecule has 0 amide bonds. The molecule has 4 heteroatoms. The second kappa shape index (κ2) is 3.99. The Morgan fingerprint density at radius 2 is 1.88 bits per heavy atom. The van der Waals surface area contributed by atoms with Crippen LogP contribution in [-0.4, -0.2) is 15.0 Å². The molecular weight excluding hydrogens is 212 g/mol. The standard InChI is InChI=1S/C13H12N4/c14-6-9-1-3-10(4-2-9)11-5-12-13(15-7-11)17-8-16-12/h1-5,7-8H,6,14H2,(H,15,16,17). The molecule has 0 unspecified atom stereocenters. The third-order valence-corrected chi connectivity index (χ3v) is 2.80. The number of H-pyrrole nitrogens is 1. The first-order valence-electron chi connectivity index (χ1n) is 5.45. The highest BCUT2D eigenvalue weighted by Crippen LogP contribution is 2.21. The zero-order chi connectivity index (χ0) is 11.7. The lowest BCUT2D eigenvalue weighted by Crippen LogP contribution is -1.95. The third kappa shape index (κ3) is 1.79. The number of rotatable bonds is 2. The summed E-state index contributed by atoms with van der Waals surface area (Å²) >= 11 is 0. The summed E-state index contributed by atoms with van der Waals surface area (Å²) < 4.78 is 0. The number of benzene rings is 1. The van der Waals surface area contributed by atoms with E-state index in [1.807, 2.05) is 24.4 Å². The molecule has 0 radical (unpaired) electrons. The predicted molar refractivity (Wildman–Crippen MR) is 67.2 cm³/mol. The molecule has 84 valence electrons. The fraction of sp³-hybridized carbons (Fsp3) is 0.0769. The van der Waals surface area contributed by atoms with Crippen LogP contribution in [0.2, 0.25) is 0 Å². The van der Waals surface area contributed by atoms with Gasteiger partial charge in [0.2, 0.25) is 0 Å². The molecule has 0 bridgehead atoms. The number of fused-ring (bicyclic) bond motifs is 1. The van der Waals surface area contributed by atoms with Crippen molar-refractivity contribution in [2.75, 3.05) is 0 Å². The first-order valence-corrected chi connectivity index (χ1v) is 5.45. The normalized spacial score (nSPS) is 10.9. The van der Waals surface area contributed by atoms with Gasteiger partial charge in [-0.25, -0.2) is 9.97 Å². The number of pyridine rings is 1. The highest BCUT2D eigenvalue weighted by molar-refractivity contribution is 5.77. The molecule has 0 saturated carbocycles. The van der Waals surface area contributed by atoms with Crippen LogP contribution in [0.1, 0.15) is 5.56 Å². The number of nitrogens with zero attached hydrogens (tertiary/aromatic N) is 2. The van der Waals surface area contributed by atoms with Gasteiger partial charge in [0.1, 0.15) is 0 Å². The van der Waals surface area contributed by atoms with Crippen molar-refractivity contribution in [3.8, 4) is 11.1 Å². The summed E-state index contributed by atoms with van der Waals surface area (Å²) in [5.41, 5.74) is 10.6. The number of hydrogen-bond donors (Lipinski definition) is 2. The second-order valence-corrected chi connectivity index (χ2v) is 3.90. The van der Waals surface area contributed by atoms with Gasteiger partial charge < -0.3 is 10.7 Å². The Bertz CT molecular complexity index is 640. The van der Waals surface area contributed by atoms with Gasteiger partial charge in [-0.05, 0) is 17.2 Å². The molecular formula is C13H12N4. The molecule has 0 saturated heterocycles. The van der Waals surface area contributed by atoms with Gasteiger partial charge in [0.15, 0.2) is 5.65 Å². The lowest BCUT2D eigenvalue weighted by molar-refractivity contribution is 1.07. The van der Waals surface area contributed by atoms with E-state index in [4.69, 9.17) is 5.73 Å². The van der Waals surface area contributed by atoms with Gasteiger partial charge in [-0.2, -0.15) is 0 Å². The molecule has 3 aromatic rings. The SMILES string of the molecule is NCc1ccc(-c2cnc3nc[nH]c3c2)cc1. The minimum atomic E-state index is 0.568. The van der Waals surface area contributed by atoms with Crippen LogP contribution >= 0.6 is 0 Å². The summed E-state index contributed by atoms with van der Waals surface area (Å²) in [6.45, 7) is 0.568. The van der Waals surface area contributed by atoms with Crippen LogP contribution in [-0.2, 0) is 6.54 Å². The van der Waals surface area contributed by atoms with Gasteiger partial charge in [-0.15, -0.1) is 0 Å². The number of aromatic nitrogens is 3. The topological polar surface area (TPSA) is 67.6 Å². The van der Waals surface area contributed by atoms with E-state index < -0.39 is 0 Å². The molecule has 17 heavy (non-hydrogen) atoms. The minimum Gasteiger partial charge on any atom is -0.343 e. The van der Waals surface area contributed by atoms with Crippen LogP contribution in [0.4, 0.5) is 0 Å². The largest absolute Gasteiger partial charge is 0.343 e. The van der Waals surface area contributed by atoms with Crippen molar-refractivity contribution in [1.82, 2.24) is 15.0 Å². The number of nitrogens with one attached hydrogen (secondary N) is 1. The summed E-state index contributed by atoms with van der Waals surface area (Å²) in [7, 11) is 0. The van der Waals surface area contributed by atoms with E-state index in [0.717, 1.165) is 27.9 Å². The van der Waals surface area contributed by atoms with Crippen molar-refractivity contribution < 1.29 is 0 Å². The van der Waals surface area contributed by atoms with E-state index in [1.54, 1.807) is 6.33 Å². The molecule has 0 aliphatic rings. The van der Waals surface area contributed by atoms with Crippen molar-refractivity contribution in [2.24, 2.45) is 5.73 Å². The van der Waals surface area contributed by atoms with Gasteiger partial charge >= 0.3 is 0 Å². The van der Waals surface area contributed by atoms with Crippen LogP contribution in [0.5, 0.6) is 0 Å². The van der Waals surface area contributed by atoms with Crippen molar-refractivity contribution in [3.63, 3.8) is 0 Å². The molecule has 3 N–H and O–H groups in total. The molecule has 0 aliphatic heterocycles. The van der Waals surface area contributed by atoms with Gasteiger partial charge in [-0.1, -0.05) is 24.3 Å². The summed E-state index contributed by atoms with van der Waals surface area (Å²) in [6.07, 6.45) is 3.49. The average Bonchev–Trinajstić information content (AvgIpc) is 2.86. The highest BCUT2D eigenvalue weighted by atomic mass is 14.9. The van der Waals surface area contributed by atoms with E-state index >= 15 is 0 Å². The quantitative estimate of drug-likeness (QED) is 0.700. The first kappa shape index (κ1) is 9.99. The summed E-state index contributed by atoms with van der Waals surface area (Å²) in [5.74, 6) is 0. The summed E-state index contributed by atoms with van der Waals surface area (Å²) in [6, 6.07) is 10.2. The van der Waals surface area contributed by atoms with Crippen LogP contribution < -0.4 is 5.73 Å². The summed E-state index contributed by atoms with van der Waals surface area (Å²) in [4.78, 5) is 11.4. The number of nitrogens with two attached hydrogens (primary N) is 1. The van der Waals surface area contributed by atoms with E-state index in [-0.39, 0.29) is 0 Å². The molecule has 0 spiro atoms. The Labute approximate surface area is 98.5 Å². The van der Waals surface area contributed by atoms with Gasteiger partial charge in [-0.3, -0.25) is 0 Å². The smallest absolute Gasteiger partial charge is 0.177 e. The fourth-order valence-electron chi connectivity index (χ4n) is 1.82.